The summed E-state index contributed by atoms with van der Waals surface area (Å²) in [5, 5.41) is 0. The second-order valence-corrected chi connectivity index (χ2v) is 8.14. The molecule has 2 aromatic carbocycles. The number of benzene rings is 2. The summed E-state index contributed by atoms with van der Waals surface area (Å²) in [7, 11) is 0. The van der Waals surface area contributed by atoms with Crippen LogP contribution in [0.25, 0.3) is 11.0 Å². The van der Waals surface area contributed by atoms with Crippen LogP contribution in [0.4, 0.5) is 0 Å². The van der Waals surface area contributed by atoms with E-state index in [9.17, 15) is 4.79 Å². The molecule has 4 rings (SSSR count). The molecule has 5 heteroatoms. The Bertz CT molecular complexity index is 941. The molecule has 2 heterocycles. The normalized spacial score (nSPS) is 15.5. The van der Waals surface area contributed by atoms with Crippen LogP contribution in [0.15, 0.2) is 48.5 Å². The Morgan fingerprint density at radius 3 is 2.58 bits per heavy atom. The minimum Gasteiger partial charge on any atom is -0.339 e. The lowest BCUT2D eigenvalue weighted by molar-refractivity contribution is 0.0682. The lowest BCUT2D eigenvalue weighted by Gasteiger charge is -2.32. The molecular formula is C21H22IN3O. The first-order valence-corrected chi connectivity index (χ1v) is 10.2. The number of amides is 1. The summed E-state index contributed by atoms with van der Waals surface area (Å²) >= 11 is 2.24. The van der Waals surface area contributed by atoms with E-state index in [0.717, 1.165) is 53.0 Å². The molecule has 4 nitrogen and oxygen atoms in total. The van der Waals surface area contributed by atoms with Gasteiger partial charge in [-0.25, -0.2) is 4.98 Å². The monoisotopic (exact) mass is 459 g/mol. The maximum absolute atomic E-state index is 12.8. The molecule has 134 valence electrons. The molecule has 3 aromatic rings. The van der Waals surface area contributed by atoms with Gasteiger partial charge in [0.25, 0.3) is 5.91 Å². The number of carbonyl (C=O) groups excluding carboxylic acids is 1. The van der Waals surface area contributed by atoms with E-state index >= 15 is 0 Å². The quantitative estimate of drug-likeness (QED) is 0.541. The van der Waals surface area contributed by atoms with Gasteiger partial charge in [0, 0.05) is 23.2 Å². The minimum absolute atomic E-state index is 0.165. The molecule has 1 amide bonds. The minimum atomic E-state index is 0.165. The average Bonchev–Trinajstić information content (AvgIpc) is 2.98. The van der Waals surface area contributed by atoms with Gasteiger partial charge in [0.1, 0.15) is 5.82 Å². The number of halogens is 1. The molecule has 0 N–H and O–H groups in total. The summed E-state index contributed by atoms with van der Waals surface area (Å²) in [4.78, 5) is 19.5. The van der Waals surface area contributed by atoms with Crippen LogP contribution in [0.1, 0.15) is 29.0 Å². The highest BCUT2D eigenvalue weighted by Gasteiger charge is 2.25. The Hall–Kier alpha value is -1.89. The van der Waals surface area contributed by atoms with Crippen LogP contribution in [-0.4, -0.2) is 33.4 Å². The molecule has 1 aliphatic rings. The van der Waals surface area contributed by atoms with Gasteiger partial charge in [-0.2, -0.15) is 0 Å². The molecule has 1 aliphatic heterocycles. The standard InChI is InChI=1S/C21H22IN3O/c1-15-23-19-8-4-5-9-20(19)25(15)14-16-10-12-24(13-11-16)21(26)17-6-2-3-7-18(17)22/h2-9,16H,10-14H2,1H3. The van der Waals surface area contributed by atoms with Crippen LogP contribution >= 0.6 is 22.6 Å². The van der Waals surface area contributed by atoms with Gasteiger partial charge in [0.15, 0.2) is 0 Å². The number of hydrogen-bond donors (Lipinski definition) is 0. The van der Waals surface area contributed by atoms with Gasteiger partial charge in [-0.05, 0) is 72.5 Å². The highest BCUT2D eigenvalue weighted by molar-refractivity contribution is 14.1. The van der Waals surface area contributed by atoms with Crippen LogP contribution in [0.2, 0.25) is 0 Å². The Morgan fingerprint density at radius 1 is 1.12 bits per heavy atom. The van der Waals surface area contributed by atoms with Crippen LogP contribution in [0.5, 0.6) is 0 Å². The average molecular weight is 459 g/mol. The van der Waals surface area contributed by atoms with Gasteiger partial charge >= 0.3 is 0 Å². The fourth-order valence-electron chi connectivity index (χ4n) is 3.81. The molecule has 0 saturated carbocycles. The summed E-state index contributed by atoms with van der Waals surface area (Å²) in [6.45, 7) is 4.73. The predicted octanol–water partition coefficient (Wildman–Crippen LogP) is 4.50. The van der Waals surface area contributed by atoms with E-state index in [-0.39, 0.29) is 5.91 Å². The first kappa shape index (κ1) is 17.5. The lowest BCUT2D eigenvalue weighted by Crippen LogP contribution is -2.39. The zero-order chi connectivity index (χ0) is 18.1. The van der Waals surface area contributed by atoms with E-state index in [0.29, 0.717) is 5.92 Å². The fourth-order valence-corrected chi connectivity index (χ4v) is 4.43. The molecule has 26 heavy (non-hydrogen) atoms. The van der Waals surface area contributed by atoms with Crippen LogP contribution in [-0.2, 0) is 6.54 Å². The number of para-hydroxylation sites is 2. The molecule has 1 aromatic heterocycles. The van der Waals surface area contributed by atoms with Gasteiger partial charge in [-0.1, -0.05) is 24.3 Å². The number of hydrogen-bond acceptors (Lipinski definition) is 2. The van der Waals surface area contributed by atoms with Crippen molar-refractivity contribution in [3.8, 4) is 0 Å². The first-order valence-electron chi connectivity index (χ1n) is 9.09. The molecule has 0 unspecified atom stereocenters. The smallest absolute Gasteiger partial charge is 0.254 e. The van der Waals surface area contributed by atoms with E-state index in [1.54, 1.807) is 0 Å². The number of carbonyl (C=O) groups is 1. The highest BCUT2D eigenvalue weighted by atomic mass is 127. The molecule has 0 aliphatic carbocycles. The second kappa shape index (κ2) is 7.39. The zero-order valence-electron chi connectivity index (χ0n) is 14.9. The van der Waals surface area contributed by atoms with Crippen molar-refractivity contribution in [3.63, 3.8) is 0 Å². The van der Waals surface area contributed by atoms with E-state index in [1.807, 2.05) is 35.2 Å². The molecule has 1 saturated heterocycles. The number of rotatable bonds is 3. The molecule has 0 radical (unpaired) electrons. The van der Waals surface area contributed by atoms with Crippen molar-refractivity contribution >= 4 is 39.5 Å². The third kappa shape index (κ3) is 3.37. The van der Waals surface area contributed by atoms with Crippen molar-refractivity contribution in [1.82, 2.24) is 14.5 Å². The molecular weight excluding hydrogens is 437 g/mol. The zero-order valence-corrected chi connectivity index (χ0v) is 17.0. The second-order valence-electron chi connectivity index (χ2n) is 6.97. The van der Waals surface area contributed by atoms with E-state index in [2.05, 4.69) is 57.3 Å². The van der Waals surface area contributed by atoms with Gasteiger partial charge in [-0.3, -0.25) is 4.79 Å². The van der Waals surface area contributed by atoms with Crippen LogP contribution in [0, 0.1) is 16.4 Å². The summed E-state index contributed by atoms with van der Waals surface area (Å²) in [5.74, 6) is 1.83. The summed E-state index contributed by atoms with van der Waals surface area (Å²) < 4.78 is 3.36. The van der Waals surface area contributed by atoms with Gasteiger partial charge in [-0.15, -0.1) is 0 Å². The van der Waals surface area contributed by atoms with Crippen LogP contribution in [0.3, 0.4) is 0 Å². The Labute approximate surface area is 167 Å². The number of fused-ring (bicyclic) bond motifs is 1. The van der Waals surface area contributed by atoms with Crippen molar-refractivity contribution in [2.75, 3.05) is 13.1 Å². The summed E-state index contributed by atoms with van der Waals surface area (Å²) in [5.41, 5.74) is 3.10. The molecule has 0 bridgehead atoms. The van der Waals surface area contributed by atoms with Gasteiger partial charge < -0.3 is 9.47 Å². The number of likely N-dealkylation sites (tertiary alicyclic amines) is 1. The Balaban J connectivity index is 1.43. The maximum atomic E-state index is 12.8. The largest absolute Gasteiger partial charge is 0.339 e. The van der Waals surface area contributed by atoms with E-state index in [1.165, 1.54) is 5.52 Å². The van der Waals surface area contributed by atoms with E-state index < -0.39 is 0 Å². The first-order chi connectivity index (χ1) is 12.6. The summed E-state index contributed by atoms with van der Waals surface area (Å²) in [6, 6.07) is 16.2. The predicted molar refractivity (Wildman–Crippen MR) is 112 cm³/mol. The molecule has 0 atom stereocenters. The number of piperidine rings is 1. The van der Waals surface area contributed by atoms with Crippen molar-refractivity contribution in [2.24, 2.45) is 5.92 Å². The Morgan fingerprint density at radius 2 is 1.81 bits per heavy atom. The SMILES string of the molecule is Cc1nc2ccccc2n1CC1CCN(C(=O)c2ccccc2I)CC1. The third-order valence-electron chi connectivity index (χ3n) is 5.29. The highest BCUT2D eigenvalue weighted by Crippen LogP contribution is 2.25. The fraction of sp³-hybridized carbons (Fsp3) is 0.333. The van der Waals surface area contributed by atoms with Crippen molar-refractivity contribution < 1.29 is 4.79 Å². The number of aromatic nitrogens is 2. The third-order valence-corrected chi connectivity index (χ3v) is 6.23. The molecule has 1 fully saturated rings. The van der Waals surface area contributed by atoms with Crippen molar-refractivity contribution in [3.05, 3.63) is 63.5 Å². The topological polar surface area (TPSA) is 38.1 Å². The maximum Gasteiger partial charge on any atom is 0.254 e. The number of nitrogens with zero attached hydrogens (tertiary/aromatic N) is 3. The van der Waals surface area contributed by atoms with Gasteiger partial charge in [0.2, 0.25) is 0 Å². The summed E-state index contributed by atoms with van der Waals surface area (Å²) in [6.07, 6.45) is 2.09. The number of aryl methyl sites for hydroxylation is 1. The van der Waals surface area contributed by atoms with Gasteiger partial charge in [0.05, 0.1) is 16.6 Å². The number of imidazole rings is 1. The van der Waals surface area contributed by atoms with Crippen molar-refractivity contribution in [1.29, 1.82) is 0 Å². The van der Waals surface area contributed by atoms with E-state index in [4.69, 9.17) is 0 Å². The van der Waals surface area contributed by atoms with Crippen LogP contribution < -0.4 is 0 Å². The Kier molecular flexibility index (Phi) is 4.98. The molecule has 0 spiro atoms. The lowest BCUT2D eigenvalue weighted by atomic mass is 9.96. The van der Waals surface area contributed by atoms with Crippen molar-refractivity contribution in [2.45, 2.75) is 26.3 Å².